The van der Waals surface area contributed by atoms with Crippen LogP contribution in [0, 0.1) is 11.3 Å². The zero-order valence-corrected chi connectivity index (χ0v) is 17.8. The van der Waals surface area contributed by atoms with Gasteiger partial charge in [-0.1, -0.05) is 0 Å². The summed E-state index contributed by atoms with van der Waals surface area (Å²) in [5, 5.41) is 8.94. The normalized spacial score (nSPS) is 17.9. The first-order valence-corrected chi connectivity index (χ1v) is 10.2. The number of hydrogen-bond donors (Lipinski definition) is 0. The van der Waals surface area contributed by atoms with Crippen LogP contribution in [0.2, 0.25) is 0 Å². The molecule has 0 N–H and O–H groups in total. The van der Waals surface area contributed by atoms with Crippen molar-refractivity contribution >= 4 is 23.4 Å². The minimum atomic E-state index is -4.79. The zero-order chi connectivity index (χ0) is 23.6. The highest BCUT2D eigenvalue weighted by molar-refractivity contribution is 6.32. The van der Waals surface area contributed by atoms with Gasteiger partial charge in [-0.2, -0.15) is 18.4 Å². The number of nitriles is 1. The van der Waals surface area contributed by atoms with Crippen LogP contribution in [0.5, 0.6) is 0 Å². The van der Waals surface area contributed by atoms with Crippen LogP contribution in [0.15, 0.2) is 29.3 Å². The minimum Gasteiger partial charge on any atom is -0.340 e. The number of halogens is 3. The molecule has 3 amide bonds. The van der Waals surface area contributed by atoms with E-state index in [1.807, 2.05) is 0 Å². The fourth-order valence-corrected chi connectivity index (χ4v) is 3.98. The van der Waals surface area contributed by atoms with E-state index in [9.17, 15) is 27.6 Å². The lowest BCUT2D eigenvalue weighted by Crippen LogP contribution is -2.48. The second kappa shape index (κ2) is 9.12. The molecule has 0 aliphatic carbocycles. The van der Waals surface area contributed by atoms with E-state index in [4.69, 9.17) is 5.26 Å². The SMILES string of the molecule is CC(=O)N1CCN(CCCC2=C(C)C(=O)N(c3ccc(C#N)c(C(F)(F)F)c3)C2=O)CC1. The molecular weight excluding hydrogens is 425 g/mol. The van der Waals surface area contributed by atoms with E-state index >= 15 is 0 Å². The van der Waals surface area contributed by atoms with Gasteiger partial charge in [0.2, 0.25) is 5.91 Å². The standard InChI is InChI=1S/C22H23F3N4O3/c1-14-18(4-3-7-27-8-10-28(11-9-27)15(2)30)21(32)29(20(14)31)17-6-5-16(13-26)19(12-17)22(23,24)25/h5-6,12H,3-4,7-11H2,1-2H3. The van der Waals surface area contributed by atoms with Crippen LogP contribution in [0.3, 0.4) is 0 Å². The number of anilines is 1. The van der Waals surface area contributed by atoms with Gasteiger partial charge in [-0.15, -0.1) is 0 Å². The molecule has 0 saturated carbocycles. The van der Waals surface area contributed by atoms with Gasteiger partial charge >= 0.3 is 6.18 Å². The van der Waals surface area contributed by atoms with Crippen molar-refractivity contribution in [3.63, 3.8) is 0 Å². The van der Waals surface area contributed by atoms with Crippen molar-refractivity contribution in [1.82, 2.24) is 9.80 Å². The van der Waals surface area contributed by atoms with Crippen LogP contribution >= 0.6 is 0 Å². The van der Waals surface area contributed by atoms with Gasteiger partial charge in [0.15, 0.2) is 0 Å². The number of benzene rings is 1. The summed E-state index contributed by atoms with van der Waals surface area (Å²) in [6, 6.07) is 4.29. The van der Waals surface area contributed by atoms with Crippen LogP contribution < -0.4 is 4.90 Å². The Labute approximate surface area is 183 Å². The Morgan fingerprint density at radius 2 is 1.78 bits per heavy atom. The Hall–Kier alpha value is -3.19. The van der Waals surface area contributed by atoms with Crippen LogP contribution in [0.4, 0.5) is 18.9 Å². The van der Waals surface area contributed by atoms with Crippen molar-refractivity contribution in [3.05, 3.63) is 40.5 Å². The zero-order valence-electron chi connectivity index (χ0n) is 17.8. The van der Waals surface area contributed by atoms with Crippen LogP contribution in [0.1, 0.15) is 37.8 Å². The molecule has 1 aromatic carbocycles. The lowest BCUT2D eigenvalue weighted by molar-refractivity contribution is -0.138. The maximum Gasteiger partial charge on any atom is 0.417 e. The number of alkyl halides is 3. The van der Waals surface area contributed by atoms with Gasteiger partial charge in [0.25, 0.3) is 11.8 Å². The molecule has 32 heavy (non-hydrogen) atoms. The summed E-state index contributed by atoms with van der Waals surface area (Å²) in [5.74, 6) is -1.25. The highest BCUT2D eigenvalue weighted by atomic mass is 19.4. The maximum absolute atomic E-state index is 13.3. The topological polar surface area (TPSA) is 84.7 Å². The number of nitrogens with zero attached hydrogens (tertiary/aromatic N) is 4. The molecule has 2 aliphatic heterocycles. The smallest absolute Gasteiger partial charge is 0.340 e. The second-order valence-corrected chi connectivity index (χ2v) is 7.84. The van der Waals surface area contributed by atoms with E-state index in [1.54, 1.807) is 4.90 Å². The first-order chi connectivity index (χ1) is 15.0. The van der Waals surface area contributed by atoms with Crippen LogP contribution in [0.25, 0.3) is 0 Å². The Kier molecular flexibility index (Phi) is 6.69. The number of carbonyl (C=O) groups is 3. The van der Waals surface area contributed by atoms with Gasteiger partial charge in [0.05, 0.1) is 22.9 Å². The first kappa shape index (κ1) is 23.5. The molecule has 0 radical (unpaired) electrons. The average Bonchev–Trinajstić information content (AvgIpc) is 2.96. The van der Waals surface area contributed by atoms with Gasteiger partial charge in [-0.25, -0.2) is 4.90 Å². The quantitative estimate of drug-likeness (QED) is 0.647. The number of rotatable bonds is 5. The highest BCUT2D eigenvalue weighted by Crippen LogP contribution is 2.36. The summed E-state index contributed by atoms with van der Waals surface area (Å²) in [6.07, 6.45) is -3.87. The molecule has 2 heterocycles. The summed E-state index contributed by atoms with van der Waals surface area (Å²) >= 11 is 0. The fraction of sp³-hybridized carbons (Fsp3) is 0.455. The molecule has 1 fully saturated rings. The predicted octanol–water partition coefficient (Wildman–Crippen LogP) is 2.71. The molecule has 1 saturated heterocycles. The summed E-state index contributed by atoms with van der Waals surface area (Å²) in [6.45, 7) is 6.44. The molecule has 170 valence electrons. The molecule has 3 rings (SSSR count). The summed E-state index contributed by atoms with van der Waals surface area (Å²) in [4.78, 5) is 41.6. The van der Waals surface area contributed by atoms with Crippen molar-refractivity contribution in [3.8, 4) is 6.07 Å². The Bertz CT molecular complexity index is 1020. The fourth-order valence-electron chi connectivity index (χ4n) is 3.98. The van der Waals surface area contributed by atoms with E-state index in [0.29, 0.717) is 38.5 Å². The Balaban J connectivity index is 1.68. The van der Waals surface area contributed by atoms with Gasteiger partial charge in [0.1, 0.15) is 0 Å². The minimum absolute atomic E-state index is 0.0390. The van der Waals surface area contributed by atoms with Gasteiger partial charge in [0, 0.05) is 44.2 Å². The van der Waals surface area contributed by atoms with Crippen molar-refractivity contribution in [2.45, 2.75) is 32.9 Å². The van der Waals surface area contributed by atoms with Crippen molar-refractivity contribution in [1.29, 1.82) is 5.26 Å². The molecule has 0 unspecified atom stereocenters. The molecule has 1 aromatic rings. The molecule has 2 aliphatic rings. The van der Waals surface area contributed by atoms with E-state index in [1.165, 1.54) is 26.0 Å². The van der Waals surface area contributed by atoms with Gasteiger partial charge in [-0.3, -0.25) is 19.3 Å². The van der Waals surface area contributed by atoms with Crippen molar-refractivity contribution < 1.29 is 27.6 Å². The van der Waals surface area contributed by atoms with Crippen molar-refractivity contribution in [2.24, 2.45) is 0 Å². The maximum atomic E-state index is 13.3. The van der Waals surface area contributed by atoms with E-state index in [2.05, 4.69) is 4.90 Å². The number of piperazine rings is 1. The Morgan fingerprint density at radius 3 is 2.34 bits per heavy atom. The molecule has 0 aromatic heterocycles. The number of amides is 3. The van der Waals surface area contributed by atoms with E-state index in [-0.39, 0.29) is 22.7 Å². The third-order valence-corrected chi connectivity index (χ3v) is 5.84. The largest absolute Gasteiger partial charge is 0.417 e. The number of imide groups is 1. The van der Waals surface area contributed by atoms with Gasteiger partial charge < -0.3 is 4.90 Å². The lowest BCUT2D eigenvalue weighted by atomic mass is 10.1. The second-order valence-electron chi connectivity index (χ2n) is 7.84. The molecule has 7 nitrogen and oxygen atoms in total. The first-order valence-electron chi connectivity index (χ1n) is 10.2. The summed E-state index contributed by atoms with van der Waals surface area (Å²) < 4.78 is 39.9. The summed E-state index contributed by atoms with van der Waals surface area (Å²) in [7, 11) is 0. The molecule has 10 heteroatoms. The lowest BCUT2D eigenvalue weighted by Gasteiger charge is -2.34. The molecule has 0 spiro atoms. The van der Waals surface area contributed by atoms with Gasteiger partial charge in [-0.05, 0) is 44.5 Å². The third-order valence-electron chi connectivity index (χ3n) is 5.84. The van der Waals surface area contributed by atoms with E-state index in [0.717, 1.165) is 24.1 Å². The number of hydrogen-bond acceptors (Lipinski definition) is 5. The van der Waals surface area contributed by atoms with Crippen LogP contribution in [-0.4, -0.2) is 60.2 Å². The van der Waals surface area contributed by atoms with Crippen molar-refractivity contribution in [2.75, 3.05) is 37.6 Å². The molecule has 0 atom stereocenters. The van der Waals surface area contributed by atoms with Crippen LogP contribution in [-0.2, 0) is 20.6 Å². The highest BCUT2D eigenvalue weighted by Gasteiger charge is 2.39. The number of carbonyl (C=O) groups excluding carboxylic acids is 3. The third kappa shape index (κ3) is 4.67. The molecular formula is C22H23F3N4O3. The van der Waals surface area contributed by atoms with E-state index < -0.39 is 29.1 Å². The molecule has 0 bridgehead atoms. The average molecular weight is 448 g/mol. The summed E-state index contributed by atoms with van der Waals surface area (Å²) in [5.41, 5.74) is -1.46. The monoisotopic (exact) mass is 448 g/mol. The Morgan fingerprint density at radius 1 is 1.12 bits per heavy atom. The predicted molar refractivity (Wildman–Crippen MR) is 109 cm³/mol.